The van der Waals surface area contributed by atoms with E-state index < -0.39 is 0 Å². The van der Waals surface area contributed by atoms with E-state index in [9.17, 15) is 4.39 Å². The summed E-state index contributed by atoms with van der Waals surface area (Å²) < 4.78 is 19.2. The van der Waals surface area contributed by atoms with Gasteiger partial charge in [-0.3, -0.25) is 0 Å². The molecule has 0 bridgehead atoms. The normalized spacial score (nSPS) is 12.3. The molecule has 0 spiro atoms. The molecule has 0 radical (unpaired) electrons. The van der Waals surface area contributed by atoms with Crippen molar-refractivity contribution >= 4 is 0 Å². The Bertz CT molecular complexity index is 553. The first-order valence-electron chi connectivity index (χ1n) is 7.31. The molecule has 1 atom stereocenters. The summed E-state index contributed by atoms with van der Waals surface area (Å²) in [6.45, 7) is 5.81. The third-order valence-corrected chi connectivity index (χ3v) is 3.43. The predicted molar refractivity (Wildman–Crippen MR) is 83.7 cm³/mol. The highest BCUT2D eigenvalue weighted by Gasteiger charge is 2.11. The number of benzene rings is 2. The van der Waals surface area contributed by atoms with E-state index in [0.29, 0.717) is 18.8 Å². The van der Waals surface area contributed by atoms with Gasteiger partial charge in [0.05, 0.1) is 19.3 Å². The van der Waals surface area contributed by atoms with Gasteiger partial charge in [-0.2, -0.15) is 0 Å². The van der Waals surface area contributed by atoms with Crippen molar-refractivity contribution < 1.29 is 9.13 Å². The zero-order chi connectivity index (χ0) is 15.1. The summed E-state index contributed by atoms with van der Waals surface area (Å²) in [5, 5.41) is 3.40. The Morgan fingerprint density at radius 2 is 1.81 bits per heavy atom. The first-order valence-corrected chi connectivity index (χ1v) is 7.31. The lowest BCUT2D eigenvalue weighted by Crippen LogP contribution is -2.25. The van der Waals surface area contributed by atoms with Crippen LogP contribution in [0.2, 0.25) is 0 Å². The van der Waals surface area contributed by atoms with E-state index in [2.05, 4.69) is 43.4 Å². The Morgan fingerprint density at radius 1 is 1.10 bits per heavy atom. The molecule has 0 aliphatic rings. The van der Waals surface area contributed by atoms with Crippen LogP contribution in [0.15, 0.2) is 48.5 Å². The number of likely N-dealkylation sites (N-methyl/N-ethyl adjacent to an activating group) is 1. The summed E-state index contributed by atoms with van der Waals surface area (Å²) >= 11 is 0. The van der Waals surface area contributed by atoms with E-state index in [1.54, 1.807) is 12.1 Å². The lowest BCUT2D eigenvalue weighted by atomic mass is 10.1. The molecule has 2 rings (SSSR count). The lowest BCUT2D eigenvalue weighted by molar-refractivity contribution is 0.0970. The summed E-state index contributed by atoms with van der Waals surface area (Å²) in [4.78, 5) is 0. The van der Waals surface area contributed by atoms with Gasteiger partial charge in [0.15, 0.2) is 0 Å². The van der Waals surface area contributed by atoms with Crippen LogP contribution in [0.5, 0.6) is 0 Å². The third-order valence-electron chi connectivity index (χ3n) is 3.43. The van der Waals surface area contributed by atoms with Gasteiger partial charge in [-0.15, -0.1) is 0 Å². The summed E-state index contributed by atoms with van der Waals surface area (Å²) in [7, 11) is 0. The van der Waals surface area contributed by atoms with Gasteiger partial charge in [-0.25, -0.2) is 4.39 Å². The van der Waals surface area contributed by atoms with E-state index in [-0.39, 0.29) is 11.9 Å². The highest BCUT2D eigenvalue weighted by Crippen LogP contribution is 2.16. The molecule has 0 aliphatic heterocycles. The van der Waals surface area contributed by atoms with Gasteiger partial charge < -0.3 is 10.1 Å². The number of ether oxygens (including phenoxy) is 1. The molecule has 0 saturated carbocycles. The molecule has 2 aromatic carbocycles. The van der Waals surface area contributed by atoms with Crippen LogP contribution >= 0.6 is 0 Å². The number of halogens is 1. The minimum Gasteiger partial charge on any atom is -0.375 e. The van der Waals surface area contributed by atoms with Crippen molar-refractivity contribution in [3.8, 4) is 0 Å². The van der Waals surface area contributed by atoms with Gasteiger partial charge in [0.25, 0.3) is 0 Å². The van der Waals surface area contributed by atoms with E-state index in [1.165, 1.54) is 17.2 Å². The molecule has 1 unspecified atom stereocenters. The Kier molecular flexibility index (Phi) is 5.90. The fourth-order valence-electron chi connectivity index (χ4n) is 2.22. The Labute approximate surface area is 126 Å². The zero-order valence-corrected chi connectivity index (χ0v) is 12.6. The van der Waals surface area contributed by atoms with Crippen LogP contribution in [0, 0.1) is 12.7 Å². The van der Waals surface area contributed by atoms with Crippen molar-refractivity contribution in [1.29, 1.82) is 0 Å². The maximum atomic E-state index is 13.5. The fraction of sp³-hybridized carbons (Fsp3) is 0.333. The number of nitrogens with one attached hydrogen (secondary N) is 1. The van der Waals surface area contributed by atoms with Crippen LogP contribution in [-0.2, 0) is 11.3 Å². The Morgan fingerprint density at radius 3 is 2.48 bits per heavy atom. The van der Waals surface area contributed by atoms with E-state index >= 15 is 0 Å². The van der Waals surface area contributed by atoms with Gasteiger partial charge in [0, 0.05) is 5.56 Å². The van der Waals surface area contributed by atoms with Crippen molar-refractivity contribution in [3.63, 3.8) is 0 Å². The molecule has 2 nitrogen and oxygen atoms in total. The third kappa shape index (κ3) is 4.66. The zero-order valence-electron chi connectivity index (χ0n) is 12.6. The van der Waals surface area contributed by atoms with Crippen LogP contribution in [0.1, 0.15) is 29.7 Å². The molecule has 3 heteroatoms. The minimum absolute atomic E-state index is 0.127. The maximum Gasteiger partial charge on any atom is 0.128 e. The Hall–Kier alpha value is -1.71. The van der Waals surface area contributed by atoms with Crippen LogP contribution in [0.25, 0.3) is 0 Å². The summed E-state index contributed by atoms with van der Waals surface area (Å²) in [6.07, 6.45) is 0. The van der Waals surface area contributed by atoms with Gasteiger partial charge in [-0.05, 0) is 25.1 Å². The maximum absolute atomic E-state index is 13.5. The molecule has 2 aromatic rings. The largest absolute Gasteiger partial charge is 0.375 e. The van der Waals surface area contributed by atoms with Gasteiger partial charge in [0.2, 0.25) is 0 Å². The second-order valence-corrected chi connectivity index (χ2v) is 5.13. The highest BCUT2D eigenvalue weighted by atomic mass is 19.1. The Balaban J connectivity index is 1.94. The molecule has 21 heavy (non-hydrogen) atoms. The lowest BCUT2D eigenvalue weighted by Gasteiger charge is -2.19. The number of hydrogen-bond donors (Lipinski definition) is 1. The molecule has 112 valence electrons. The van der Waals surface area contributed by atoms with Gasteiger partial charge in [0.1, 0.15) is 5.82 Å². The quantitative estimate of drug-likeness (QED) is 0.831. The van der Waals surface area contributed by atoms with E-state index in [1.807, 2.05) is 6.07 Å². The second kappa shape index (κ2) is 7.91. The predicted octanol–water partition coefficient (Wildman–Crippen LogP) is 4.00. The average Bonchev–Trinajstić information content (AvgIpc) is 2.49. The van der Waals surface area contributed by atoms with Crippen LogP contribution in [0.4, 0.5) is 4.39 Å². The van der Waals surface area contributed by atoms with Gasteiger partial charge >= 0.3 is 0 Å². The highest BCUT2D eigenvalue weighted by molar-refractivity contribution is 5.24. The molecule has 0 amide bonds. The average molecular weight is 287 g/mol. The number of rotatable bonds is 7. The van der Waals surface area contributed by atoms with Crippen LogP contribution < -0.4 is 5.32 Å². The second-order valence-electron chi connectivity index (χ2n) is 5.13. The molecule has 0 aliphatic carbocycles. The van der Waals surface area contributed by atoms with Crippen molar-refractivity contribution in [2.24, 2.45) is 0 Å². The number of aryl methyl sites for hydroxylation is 1. The first kappa shape index (κ1) is 15.7. The topological polar surface area (TPSA) is 21.3 Å². The SMILES string of the molecule is CCNC(COCc1ccccc1F)c1ccc(C)cc1. The minimum atomic E-state index is -0.215. The smallest absolute Gasteiger partial charge is 0.128 e. The summed E-state index contributed by atoms with van der Waals surface area (Å²) in [6, 6.07) is 15.2. The van der Waals surface area contributed by atoms with Crippen LogP contribution in [0.3, 0.4) is 0 Å². The molecule has 1 N–H and O–H groups in total. The van der Waals surface area contributed by atoms with Crippen molar-refractivity contribution in [2.75, 3.05) is 13.2 Å². The van der Waals surface area contributed by atoms with Crippen LogP contribution in [-0.4, -0.2) is 13.2 Å². The van der Waals surface area contributed by atoms with Crippen molar-refractivity contribution in [3.05, 3.63) is 71.0 Å². The summed E-state index contributed by atoms with van der Waals surface area (Å²) in [5.74, 6) is -0.215. The number of hydrogen-bond acceptors (Lipinski definition) is 2. The summed E-state index contributed by atoms with van der Waals surface area (Å²) in [5.41, 5.74) is 3.02. The first-order chi connectivity index (χ1) is 10.2. The molecule has 0 heterocycles. The molecular formula is C18H22FNO. The monoisotopic (exact) mass is 287 g/mol. The van der Waals surface area contributed by atoms with E-state index in [4.69, 9.17) is 4.74 Å². The standard InChI is InChI=1S/C18H22FNO/c1-3-20-18(15-10-8-14(2)9-11-15)13-21-12-16-6-4-5-7-17(16)19/h4-11,18,20H,3,12-13H2,1-2H3. The molecule has 0 aromatic heterocycles. The fourth-order valence-corrected chi connectivity index (χ4v) is 2.22. The molecular weight excluding hydrogens is 265 g/mol. The van der Waals surface area contributed by atoms with E-state index in [0.717, 1.165) is 6.54 Å². The molecule has 0 fully saturated rings. The van der Waals surface area contributed by atoms with Crippen molar-refractivity contribution in [1.82, 2.24) is 5.32 Å². The molecule has 0 saturated heterocycles. The van der Waals surface area contributed by atoms with Gasteiger partial charge in [-0.1, -0.05) is 55.0 Å². The van der Waals surface area contributed by atoms with Crippen molar-refractivity contribution in [2.45, 2.75) is 26.5 Å².